The predicted octanol–water partition coefficient (Wildman–Crippen LogP) is 4.42. The van der Waals surface area contributed by atoms with Crippen molar-refractivity contribution in [2.75, 3.05) is 0 Å². The van der Waals surface area contributed by atoms with Crippen LogP contribution >= 0.6 is 11.6 Å². The molecule has 102 valence electrons. The van der Waals surface area contributed by atoms with E-state index in [0.29, 0.717) is 16.4 Å². The summed E-state index contributed by atoms with van der Waals surface area (Å²) in [5.74, 6) is 0.142. The van der Waals surface area contributed by atoms with Gasteiger partial charge in [-0.15, -0.1) is 0 Å². The molecule has 0 bridgehead atoms. The average Bonchev–Trinajstić information content (AvgIpc) is 2.89. The first-order valence-electron chi connectivity index (χ1n) is 6.19. The molecule has 0 radical (unpaired) electrons. The number of H-pyrrole nitrogens is 1. The van der Waals surface area contributed by atoms with E-state index in [4.69, 9.17) is 11.6 Å². The molecule has 1 N–H and O–H groups in total. The molecule has 0 atom stereocenters. The number of aromatic nitrogens is 2. The fraction of sp³-hybridized carbons (Fsp3) is 0. The summed E-state index contributed by atoms with van der Waals surface area (Å²) >= 11 is 5.92. The number of nitriles is 1. The zero-order valence-electron chi connectivity index (χ0n) is 10.8. The number of imidazole rings is 1. The van der Waals surface area contributed by atoms with Crippen molar-refractivity contribution >= 4 is 34.3 Å². The number of benzene rings is 2. The van der Waals surface area contributed by atoms with E-state index in [1.807, 2.05) is 0 Å². The van der Waals surface area contributed by atoms with Crippen molar-refractivity contribution in [2.45, 2.75) is 0 Å². The SMILES string of the molecule is N#C/C(=C\c1ccc(F)cc1)c1nc2ccc(Cl)cc2[nH]1. The summed E-state index contributed by atoms with van der Waals surface area (Å²) in [5, 5.41) is 9.89. The Balaban J connectivity index is 2.05. The highest BCUT2D eigenvalue weighted by Crippen LogP contribution is 2.21. The molecule has 2 aromatic carbocycles. The van der Waals surface area contributed by atoms with Gasteiger partial charge >= 0.3 is 0 Å². The Kier molecular flexibility index (Phi) is 3.43. The summed E-state index contributed by atoms with van der Waals surface area (Å²) in [6.07, 6.45) is 1.65. The second-order valence-electron chi connectivity index (χ2n) is 4.47. The van der Waals surface area contributed by atoms with Gasteiger partial charge in [0.1, 0.15) is 17.7 Å². The zero-order valence-corrected chi connectivity index (χ0v) is 11.5. The fourth-order valence-electron chi connectivity index (χ4n) is 1.99. The van der Waals surface area contributed by atoms with Crippen LogP contribution in [0, 0.1) is 17.1 Å². The van der Waals surface area contributed by atoms with Crippen LogP contribution < -0.4 is 0 Å². The van der Waals surface area contributed by atoms with Crippen molar-refractivity contribution in [1.82, 2.24) is 9.97 Å². The normalized spacial score (nSPS) is 11.6. The van der Waals surface area contributed by atoms with Crippen molar-refractivity contribution in [1.29, 1.82) is 5.26 Å². The Hall–Kier alpha value is -2.64. The van der Waals surface area contributed by atoms with Gasteiger partial charge in [-0.25, -0.2) is 9.37 Å². The topological polar surface area (TPSA) is 52.5 Å². The maximum absolute atomic E-state index is 12.9. The molecule has 0 aliphatic heterocycles. The van der Waals surface area contributed by atoms with Crippen molar-refractivity contribution in [2.24, 2.45) is 0 Å². The average molecular weight is 298 g/mol. The minimum absolute atomic E-state index is 0.316. The molecule has 3 nitrogen and oxygen atoms in total. The maximum Gasteiger partial charge on any atom is 0.149 e. The van der Waals surface area contributed by atoms with E-state index in [2.05, 4.69) is 16.0 Å². The smallest absolute Gasteiger partial charge is 0.149 e. The van der Waals surface area contributed by atoms with E-state index >= 15 is 0 Å². The van der Waals surface area contributed by atoms with Gasteiger partial charge in [-0.05, 0) is 42.0 Å². The van der Waals surface area contributed by atoms with E-state index < -0.39 is 0 Å². The van der Waals surface area contributed by atoms with Gasteiger partial charge in [0.15, 0.2) is 0 Å². The van der Waals surface area contributed by atoms with Gasteiger partial charge in [0.2, 0.25) is 0 Å². The van der Waals surface area contributed by atoms with Crippen LogP contribution in [-0.4, -0.2) is 9.97 Å². The number of aromatic amines is 1. The lowest BCUT2D eigenvalue weighted by Gasteiger charge is -1.95. The van der Waals surface area contributed by atoms with Gasteiger partial charge in [-0.1, -0.05) is 23.7 Å². The number of rotatable bonds is 2. The number of nitrogens with zero attached hydrogens (tertiary/aromatic N) is 2. The third-order valence-electron chi connectivity index (χ3n) is 3.00. The number of halogens is 2. The number of hydrogen-bond donors (Lipinski definition) is 1. The molecule has 0 fully saturated rings. The van der Waals surface area contributed by atoms with Crippen LogP contribution in [0.15, 0.2) is 42.5 Å². The standard InChI is InChI=1S/C16H9ClFN3/c17-12-3-6-14-15(8-12)21-16(20-14)11(9-19)7-10-1-4-13(18)5-2-10/h1-8H,(H,20,21)/b11-7+. The van der Waals surface area contributed by atoms with E-state index in [0.717, 1.165) is 16.6 Å². The Morgan fingerprint density at radius 2 is 2.00 bits per heavy atom. The lowest BCUT2D eigenvalue weighted by Crippen LogP contribution is -1.85. The lowest BCUT2D eigenvalue weighted by atomic mass is 10.1. The number of hydrogen-bond acceptors (Lipinski definition) is 2. The van der Waals surface area contributed by atoms with Crippen molar-refractivity contribution in [3.05, 3.63) is 64.7 Å². The molecule has 1 aromatic heterocycles. The number of fused-ring (bicyclic) bond motifs is 1. The maximum atomic E-state index is 12.9. The van der Waals surface area contributed by atoms with Crippen LogP contribution in [0.2, 0.25) is 5.02 Å². The summed E-state index contributed by atoms with van der Waals surface area (Å²) in [7, 11) is 0. The summed E-state index contributed by atoms with van der Waals surface area (Å²) in [4.78, 5) is 7.42. The predicted molar refractivity (Wildman–Crippen MR) is 81.0 cm³/mol. The van der Waals surface area contributed by atoms with Gasteiger partial charge in [0.25, 0.3) is 0 Å². The van der Waals surface area contributed by atoms with Crippen LogP contribution in [0.5, 0.6) is 0 Å². The Bertz CT molecular complexity index is 873. The molecule has 0 unspecified atom stereocenters. The Labute approximate surface area is 125 Å². The molecule has 3 aromatic rings. The summed E-state index contributed by atoms with van der Waals surface area (Å²) in [5.41, 5.74) is 2.59. The fourth-order valence-corrected chi connectivity index (χ4v) is 2.16. The largest absolute Gasteiger partial charge is 0.337 e. The quantitative estimate of drug-likeness (QED) is 0.712. The molecule has 0 aliphatic rings. The summed E-state index contributed by atoms with van der Waals surface area (Å²) < 4.78 is 12.9. The van der Waals surface area contributed by atoms with Gasteiger partial charge < -0.3 is 4.98 Å². The molecule has 21 heavy (non-hydrogen) atoms. The van der Waals surface area contributed by atoms with E-state index in [1.165, 1.54) is 12.1 Å². The second-order valence-corrected chi connectivity index (χ2v) is 4.90. The molecule has 0 aliphatic carbocycles. The van der Waals surface area contributed by atoms with Crippen LogP contribution in [0.3, 0.4) is 0 Å². The molecule has 0 saturated carbocycles. The van der Waals surface area contributed by atoms with Crippen LogP contribution in [0.4, 0.5) is 4.39 Å². The van der Waals surface area contributed by atoms with E-state index in [9.17, 15) is 9.65 Å². The highest BCUT2D eigenvalue weighted by Gasteiger charge is 2.08. The molecule has 0 saturated heterocycles. The Morgan fingerprint density at radius 1 is 1.24 bits per heavy atom. The third-order valence-corrected chi connectivity index (χ3v) is 3.24. The third kappa shape index (κ3) is 2.78. The van der Waals surface area contributed by atoms with Crippen molar-refractivity contribution < 1.29 is 4.39 Å². The number of allylic oxidation sites excluding steroid dienone is 1. The first kappa shape index (κ1) is 13.3. The molecule has 0 amide bonds. The van der Waals surface area contributed by atoms with E-state index in [-0.39, 0.29) is 5.82 Å². The van der Waals surface area contributed by atoms with Crippen molar-refractivity contribution in [3.63, 3.8) is 0 Å². The first-order valence-corrected chi connectivity index (χ1v) is 6.56. The van der Waals surface area contributed by atoms with Gasteiger partial charge in [-0.2, -0.15) is 5.26 Å². The van der Waals surface area contributed by atoms with Crippen LogP contribution in [0.1, 0.15) is 11.4 Å². The molecule has 1 heterocycles. The second kappa shape index (κ2) is 5.39. The molecule has 0 spiro atoms. The minimum Gasteiger partial charge on any atom is -0.337 e. The van der Waals surface area contributed by atoms with Crippen LogP contribution in [-0.2, 0) is 0 Å². The highest BCUT2D eigenvalue weighted by molar-refractivity contribution is 6.31. The van der Waals surface area contributed by atoms with Gasteiger partial charge in [0, 0.05) is 5.02 Å². The summed E-state index contributed by atoms with van der Waals surface area (Å²) in [6.45, 7) is 0. The van der Waals surface area contributed by atoms with Crippen LogP contribution in [0.25, 0.3) is 22.7 Å². The monoisotopic (exact) mass is 297 g/mol. The number of nitrogens with one attached hydrogen (secondary N) is 1. The molecular formula is C16H9ClFN3. The zero-order chi connectivity index (χ0) is 14.8. The highest BCUT2D eigenvalue weighted by atomic mass is 35.5. The summed E-state index contributed by atoms with van der Waals surface area (Å²) in [6, 6.07) is 13.3. The Morgan fingerprint density at radius 3 is 2.71 bits per heavy atom. The van der Waals surface area contributed by atoms with Crippen molar-refractivity contribution in [3.8, 4) is 6.07 Å². The van der Waals surface area contributed by atoms with E-state index in [1.54, 1.807) is 36.4 Å². The molecule has 5 heteroatoms. The van der Waals surface area contributed by atoms with Gasteiger partial charge in [0.05, 0.1) is 16.6 Å². The lowest BCUT2D eigenvalue weighted by molar-refractivity contribution is 0.628. The van der Waals surface area contributed by atoms with Gasteiger partial charge in [-0.3, -0.25) is 0 Å². The minimum atomic E-state index is -0.316. The molecular weight excluding hydrogens is 289 g/mol. The molecule has 3 rings (SSSR count). The first-order chi connectivity index (χ1) is 10.2.